The molecule has 5 N–H and O–H groups in total. The van der Waals surface area contributed by atoms with Crippen LogP contribution in [0.2, 0.25) is 0 Å². The van der Waals surface area contributed by atoms with E-state index in [0.29, 0.717) is 11.1 Å². The predicted molar refractivity (Wildman–Crippen MR) is 81.9 cm³/mol. The maximum atomic E-state index is 11.9. The van der Waals surface area contributed by atoms with Crippen molar-refractivity contribution < 1.29 is 24.9 Å². The van der Waals surface area contributed by atoms with Gasteiger partial charge in [0.1, 0.15) is 17.2 Å². The van der Waals surface area contributed by atoms with Crippen molar-refractivity contribution in [2.24, 2.45) is 0 Å². The summed E-state index contributed by atoms with van der Waals surface area (Å²) in [6.45, 7) is 1.58. The minimum absolute atomic E-state index is 0.0325. The van der Waals surface area contributed by atoms with Gasteiger partial charge < -0.3 is 15.3 Å². The molecule has 0 saturated carbocycles. The Hall–Kier alpha value is -3.22. The monoisotopic (exact) mass is 316 g/mol. The van der Waals surface area contributed by atoms with Crippen molar-refractivity contribution in [2.45, 2.75) is 13.3 Å². The lowest BCUT2D eigenvalue weighted by Gasteiger charge is -2.10. The molecule has 0 aromatic heterocycles. The van der Waals surface area contributed by atoms with Crippen LogP contribution in [0.1, 0.15) is 21.5 Å². The first-order chi connectivity index (χ1) is 10.9. The highest BCUT2D eigenvalue weighted by molar-refractivity contribution is 5.98. The number of rotatable bonds is 3. The van der Waals surface area contributed by atoms with Gasteiger partial charge in [0.2, 0.25) is 5.91 Å². The van der Waals surface area contributed by atoms with Crippen LogP contribution in [0.3, 0.4) is 0 Å². The van der Waals surface area contributed by atoms with Crippen molar-refractivity contribution >= 4 is 11.8 Å². The fourth-order valence-electron chi connectivity index (χ4n) is 1.96. The Kier molecular flexibility index (Phi) is 4.70. The first kappa shape index (κ1) is 16.2. The second-order valence-corrected chi connectivity index (χ2v) is 5.00. The van der Waals surface area contributed by atoms with Crippen LogP contribution in [0.15, 0.2) is 36.4 Å². The van der Waals surface area contributed by atoms with Gasteiger partial charge in [-0.3, -0.25) is 20.4 Å². The molecule has 7 nitrogen and oxygen atoms in total. The maximum Gasteiger partial charge on any atom is 0.273 e. The number of aromatic hydroxyl groups is 3. The van der Waals surface area contributed by atoms with Crippen LogP contribution in [-0.4, -0.2) is 27.1 Å². The number of amides is 2. The zero-order valence-corrected chi connectivity index (χ0v) is 12.3. The number of hydrogen-bond donors (Lipinski definition) is 5. The van der Waals surface area contributed by atoms with E-state index < -0.39 is 17.6 Å². The molecule has 0 saturated heterocycles. The Labute approximate surface area is 132 Å². The molecule has 120 valence electrons. The highest BCUT2D eigenvalue weighted by Gasteiger charge is 2.14. The van der Waals surface area contributed by atoms with Gasteiger partial charge in [-0.2, -0.15) is 0 Å². The average Bonchev–Trinajstić information content (AvgIpc) is 2.48. The first-order valence-electron chi connectivity index (χ1n) is 6.76. The Morgan fingerprint density at radius 2 is 1.74 bits per heavy atom. The molecule has 0 aliphatic rings. The molecule has 0 aliphatic carbocycles. The number of benzene rings is 2. The molecule has 0 heterocycles. The van der Waals surface area contributed by atoms with Gasteiger partial charge in [-0.15, -0.1) is 0 Å². The van der Waals surface area contributed by atoms with Crippen molar-refractivity contribution in [1.29, 1.82) is 0 Å². The van der Waals surface area contributed by atoms with Gasteiger partial charge in [-0.05, 0) is 36.2 Å². The summed E-state index contributed by atoms with van der Waals surface area (Å²) in [4.78, 5) is 23.7. The highest BCUT2D eigenvalue weighted by Crippen LogP contribution is 2.26. The lowest BCUT2D eigenvalue weighted by atomic mass is 10.1. The molecule has 7 heteroatoms. The van der Waals surface area contributed by atoms with Crippen molar-refractivity contribution in [3.05, 3.63) is 53.1 Å². The Morgan fingerprint density at radius 1 is 1.00 bits per heavy atom. The number of aryl methyl sites for hydroxylation is 1. The van der Waals surface area contributed by atoms with Crippen LogP contribution in [0.25, 0.3) is 0 Å². The molecular formula is C16H16N2O5. The van der Waals surface area contributed by atoms with E-state index in [1.54, 1.807) is 19.1 Å². The van der Waals surface area contributed by atoms with Crippen LogP contribution in [0.5, 0.6) is 17.2 Å². The van der Waals surface area contributed by atoms with Crippen molar-refractivity contribution in [3.63, 3.8) is 0 Å². The predicted octanol–water partition coefficient (Wildman–Crippen LogP) is 1.12. The molecule has 2 aromatic carbocycles. The van der Waals surface area contributed by atoms with Crippen LogP contribution in [-0.2, 0) is 11.2 Å². The van der Waals surface area contributed by atoms with E-state index in [1.807, 2.05) is 0 Å². The number of hydrogen-bond acceptors (Lipinski definition) is 5. The third-order valence-electron chi connectivity index (χ3n) is 3.15. The number of carbonyl (C=O) groups excluding carboxylic acids is 2. The zero-order chi connectivity index (χ0) is 17.0. The van der Waals surface area contributed by atoms with Gasteiger partial charge in [0.25, 0.3) is 5.91 Å². The molecule has 2 amide bonds. The zero-order valence-electron chi connectivity index (χ0n) is 12.3. The summed E-state index contributed by atoms with van der Waals surface area (Å²) in [5.41, 5.74) is 5.32. The SMILES string of the molecule is Cc1cc(C(=O)NNC(=O)Cc2cccc(O)c2)c(O)cc1O. The molecule has 0 bridgehead atoms. The molecular weight excluding hydrogens is 300 g/mol. The van der Waals surface area contributed by atoms with Gasteiger partial charge in [-0.1, -0.05) is 12.1 Å². The molecule has 0 fully saturated rings. The molecule has 2 rings (SSSR count). The van der Waals surface area contributed by atoms with E-state index in [0.717, 1.165) is 6.07 Å². The summed E-state index contributed by atoms with van der Waals surface area (Å²) in [5, 5.41) is 28.4. The van der Waals surface area contributed by atoms with E-state index in [1.165, 1.54) is 18.2 Å². The van der Waals surface area contributed by atoms with Crippen molar-refractivity contribution in [1.82, 2.24) is 10.9 Å². The van der Waals surface area contributed by atoms with E-state index >= 15 is 0 Å². The Balaban J connectivity index is 1.96. The molecule has 23 heavy (non-hydrogen) atoms. The van der Waals surface area contributed by atoms with Gasteiger partial charge in [0.05, 0.1) is 12.0 Å². The molecule has 0 aliphatic heterocycles. The lowest BCUT2D eigenvalue weighted by molar-refractivity contribution is -0.121. The second kappa shape index (κ2) is 6.69. The van der Waals surface area contributed by atoms with Gasteiger partial charge in [0, 0.05) is 6.07 Å². The quantitative estimate of drug-likeness (QED) is 0.544. The standard InChI is InChI=1S/C16H16N2O5/c1-9-5-12(14(21)8-13(9)20)16(23)18-17-15(22)7-10-3-2-4-11(19)6-10/h2-6,8,19-21H,7H2,1H3,(H,17,22)(H,18,23). The molecule has 0 atom stereocenters. The summed E-state index contributed by atoms with van der Waals surface area (Å²) < 4.78 is 0. The highest BCUT2D eigenvalue weighted by atomic mass is 16.3. The minimum atomic E-state index is -0.713. The summed E-state index contributed by atoms with van der Waals surface area (Å²) >= 11 is 0. The van der Waals surface area contributed by atoms with Crippen LogP contribution in [0, 0.1) is 6.92 Å². The minimum Gasteiger partial charge on any atom is -0.508 e. The van der Waals surface area contributed by atoms with Crippen LogP contribution in [0.4, 0.5) is 0 Å². The van der Waals surface area contributed by atoms with E-state index in [4.69, 9.17) is 0 Å². The number of nitrogens with one attached hydrogen (secondary N) is 2. The van der Waals surface area contributed by atoms with Crippen molar-refractivity contribution in [2.75, 3.05) is 0 Å². The number of carbonyl (C=O) groups is 2. The number of phenolic OH excluding ortho intramolecular Hbond substituents is 3. The summed E-state index contributed by atoms with van der Waals surface area (Å²) in [7, 11) is 0. The van der Waals surface area contributed by atoms with Crippen LogP contribution < -0.4 is 10.9 Å². The number of phenols is 3. The van der Waals surface area contributed by atoms with Crippen molar-refractivity contribution in [3.8, 4) is 17.2 Å². The molecule has 0 unspecified atom stereocenters. The summed E-state index contributed by atoms with van der Waals surface area (Å²) in [6.07, 6.45) is -0.0325. The topological polar surface area (TPSA) is 119 Å². The normalized spacial score (nSPS) is 10.1. The smallest absolute Gasteiger partial charge is 0.273 e. The van der Waals surface area contributed by atoms with Gasteiger partial charge in [0.15, 0.2) is 0 Å². The molecule has 0 spiro atoms. The first-order valence-corrected chi connectivity index (χ1v) is 6.76. The Bertz CT molecular complexity index is 758. The third kappa shape index (κ3) is 4.13. The number of hydrazine groups is 1. The summed E-state index contributed by atoms with van der Waals surface area (Å²) in [5.74, 6) is -1.68. The second-order valence-electron chi connectivity index (χ2n) is 5.00. The van der Waals surface area contributed by atoms with E-state index in [2.05, 4.69) is 10.9 Å². The summed E-state index contributed by atoms with van der Waals surface area (Å²) in [6, 6.07) is 8.56. The fourth-order valence-corrected chi connectivity index (χ4v) is 1.96. The third-order valence-corrected chi connectivity index (χ3v) is 3.15. The Morgan fingerprint density at radius 3 is 2.43 bits per heavy atom. The maximum absolute atomic E-state index is 11.9. The van der Waals surface area contributed by atoms with Crippen LogP contribution >= 0.6 is 0 Å². The largest absolute Gasteiger partial charge is 0.508 e. The molecule has 0 radical (unpaired) electrons. The average molecular weight is 316 g/mol. The van der Waals surface area contributed by atoms with Gasteiger partial charge in [-0.25, -0.2) is 0 Å². The van der Waals surface area contributed by atoms with Gasteiger partial charge >= 0.3 is 0 Å². The molecule has 2 aromatic rings. The fraction of sp³-hybridized carbons (Fsp3) is 0.125. The lowest BCUT2D eigenvalue weighted by Crippen LogP contribution is -2.42. The van der Waals surface area contributed by atoms with E-state index in [-0.39, 0.29) is 23.5 Å². The van der Waals surface area contributed by atoms with E-state index in [9.17, 15) is 24.9 Å².